The molecule has 0 saturated carbocycles. The maximum Gasteiger partial charge on any atom is 0.417 e. The van der Waals surface area contributed by atoms with E-state index in [1.807, 2.05) is 36.4 Å². The van der Waals surface area contributed by atoms with E-state index in [0.29, 0.717) is 22.2 Å². The van der Waals surface area contributed by atoms with Crippen LogP contribution < -0.4 is 5.43 Å². The van der Waals surface area contributed by atoms with Crippen LogP contribution in [0.1, 0.15) is 21.5 Å². The van der Waals surface area contributed by atoms with Gasteiger partial charge in [0.25, 0.3) is 5.91 Å². The standard InChI is InChI=1S/C24H16F3N3O/c25-24(26,27)20-12-6-4-10-17(20)15-28-30-23(31)19-14-22(16-8-2-1-3-9-16)29-21-13-7-5-11-18(19)21/h1-15H,(H,30,31). The normalized spacial score (nSPS) is 11.7. The second-order valence-electron chi connectivity index (χ2n) is 6.72. The van der Waals surface area contributed by atoms with Gasteiger partial charge >= 0.3 is 6.18 Å². The highest BCUT2D eigenvalue weighted by Crippen LogP contribution is 2.31. The minimum atomic E-state index is -4.52. The zero-order valence-electron chi connectivity index (χ0n) is 16.1. The number of nitrogens with zero attached hydrogens (tertiary/aromatic N) is 2. The predicted octanol–water partition coefficient (Wildman–Crippen LogP) is 5.68. The van der Waals surface area contributed by atoms with Crippen molar-refractivity contribution in [2.75, 3.05) is 0 Å². The molecule has 0 saturated heterocycles. The highest BCUT2D eigenvalue weighted by Gasteiger charge is 2.32. The molecule has 0 aliphatic carbocycles. The number of halogens is 3. The first kappa shape index (κ1) is 20.3. The molecule has 0 atom stereocenters. The fourth-order valence-electron chi connectivity index (χ4n) is 3.21. The Morgan fingerprint density at radius 2 is 1.58 bits per heavy atom. The Morgan fingerprint density at radius 3 is 2.35 bits per heavy atom. The molecule has 4 aromatic rings. The lowest BCUT2D eigenvalue weighted by molar-refractivity contribution is -0.137. The summed E-state index contributed by atoms with van der Waals surface area (Å²) in [6, 6.07) is 23.2. The van der Waals surface area contributed by atoms with Crippen molar-refractivity contribution >= 4 is 23.0 Å². The maximum atomic E-state index is 13.1. The van der Waals surface area contributed by atoms with Crippen molar-refractivity contribution < 1.29 is 18.0 Å². The third-order valence-corrected chi connectivity index (χ3v) is 4.67. The average Bonchev–Trinajstić information content (AvgIpc) is 2.78. The molecule has 3 aromatic carbocycles. The molecule has 0 bridgehead atoms. The topological polar surface area (TPSA) is 54.4 Å². The summed E-state index contributed by atoms with van der Waals surface area (Å²) in [6.45, 7) is 0. The summed E-state index contributed by atoms with van der Waals surface area (Å²) in [6.07, 6.45) is -3.53. The van der Waals surface area contributed by atoms with Crippen molar-refractivity contribution in [2.45, 2.75) is 6.18 Å². The molecule has 7 heteroatoms. The zero-order valence-corrected chi connectivity index (χ0v) is 16.1. The van der Waals surface area contributed by atoms with Gasteiger partial charge < -0.3 is 0 Å². The number of hydrogen-bond donors (Lipinski definition) is 1. The first-order chi connectivity index (χ1) is 14.9. The lowest BCUT2D eigenvalue weighted by Gasteiger charge is -2.10. The van der Waals surface area contributed by atoms with E-state index < -0.39 is 17.6 Å². The lowest BCUT2D eigenvalue weighted by Crippen LogP contribution is -2.19. The van der Waals surface area contributed by atoms with Crippen LogP contribution in [-0.2, 0) is 6.18 Å². The summed E-state index contributed by atoms with van der Waals surface area (Å²) in [5.74, 6) is -0.545. The second-order valence-corrected chi connectivity index (χ2v) is 6.72. The molecule has 0 aliphatic rings. The Labute approximate surface area is 176 Å². The number of nitrogens with one attached hydrogen (secondary N) is 1. The number of hydrogen-bond acceptors (Lipinski definition) is 3. The fourth-order valence-corrected chi connectivity index (χ4v) is 3.21. The number of para-hydroxylation sites is 1. The molecule has 1 N–H and O–H groups in total. The highest BCUT2D eigenvalue weighted by atomic mass is 19.4. The molecule has 0 unspecified atom stereocenters. The van der Waals surface area contributed by atoms with Gasteiger partial charge in [-0.2, -0.15) is 18.3 Å². The summed E-state index contributed by atoms with van der Waals surface area (Å²) in [5, 5.41) is 4.37. The molecule has 1 amide bonds. The summed E-state index contributed by atoms with van der Waals surface area (Å²) in [4.78, 5) is 17.5. The Hall–Kier alpha value is -4.00. The van der Waals surface area contributed by atoms with Crippen LogP contribution in [0.5, 0.6) is 0 Å². The summed E-state index contributed by atoms with van der Waals surface area (Å²) in [7, 11) is 0. The number of fused-ring (bicyclic) bond motifs is 1. The molecule has 0 aliphatic heterocycles. The minimum Gasteiger partial charge on any atom is -0.267 e. The molecule has 154 valence electrons. The van der Waals surface area contributed by atoms with Gasteiger partial charge in [0.2, 0.25) is 0 Å². The van der Waals surface area contributed by atoms with Crippen LogP contribution in [0.15, 0.2) is 90.0 Å². The van der Waals surface area contributed by atoms with E-state index in [1.54, 1.807) is 24.3 Å². The zero-order chi connectivity index (χ0) is 21.8. The number of alkyl halides is 3. The van der Waals surface area contributed by atoms with Crippen molar-refractivity contribution in [1.82, 2.24) is 10.4 Å². The number of carbonyl (C=O) groups is 1. The second kappa shape index (κ2) is 8.39. The Kier molecular flexibility index (Phi) is 5.49. The van der Waals surface area contributed by atoms with E-state index in [9.17, 15) is 18.0 Å². The third-order valence-electron chi connectivity index (χ3n) is 4.67. The number of aromatic nitrogens is 1. The van der Waals surface area contributed by atoms with Crippen LogP contribution >= 0.6 is 0 Å². The van der Waals surface area contributed by atoms with Crippen molar-refractivity contribution in [3.05, 3.63) is 102 Å². The lowest BCUT2D eigenvalue weighted by atomic mass is 10.0. The summed E-state index contributed by atoms with van der Waals surface area (Å²) >= 11 is 0. The molecule has 4 rings (SSSR count). The smallest absolute Gasteiger partial charge is 0.267 e. The van der Waals surface area contributed by atoms with E-state index >= 15 is 0 Å². The Balaban J connectivity index is 1.66. The molecule has 0 radical (unpaired) electrons. The molecular weight excluding hydrogens is 403 g/mol. The molecule has 4 nitrogen and oxygen atoms in total. The summed E-state index contributed by atoms with van der Waals surface area (Å²) < 4.78 is 39.4. The monoisotopic (exact) mass is 419 g/mol. The molecule has 31 heavy (non-hydrogen) atoms. The van der Waals surface area contributed by atoms with Crippen LogP contribution in [0.2, 0.25) is 0 Å². The number of amides is 1. The van der Waals surface area contributed by atoms with Gasteiger partial charge in [0.05, 0.1) is 28.6 Å². The number of carbonyl (C=O) groups excluding carboxylic acids is 1. The molecular formula is C24H16F3N3O. The quantitative estimate of drug-likeness (QED) is 0.342. The van der Waals surface area contributed by atoms with E-state index in [2.05, 4.69) is 15.5 Å². The van der Waals surface area contributed by atoms with Gasteiger partial charge in [-0.3, -0.25) is 4.79 Å². The van der Waals surface area contributed by atoms with Gasteiger partial charge in [0.15, 0.2) is 0 Å². The van der Waals surface area contributed by atoms with Gasteiger partial charge in [0, 0.05) is 16.5 Å². The fraction of sp³-hybridized carbons (Fsp3) is 0.0417. The SMILES string of the molecule is O=C(NN=Cc1ccccc1C(F)(F)F)c1cc(-c2ccccc2)nc2ccccc12. The largest absolute Gasteiger partial charge is 0.417 e. The van der Waals surface area contributed by atoms with Crippen LogP contribution in [0.3, 0.4) is 0 Å². The van der Waals surface area contributed by atoms with Gasteiger partial charge in [-0.05, 0) is 18.2 Å². The van der Waals surface area contributed by atoms with Crippen molar-refractivity contribution in [2.24, 2.45) is 5.10 Å². The van der Waals surface area contributed by atoms with Crippen LogP contribution in [0, 0.1) is 0 Å². The van der Waals surface area contributed by atoms with Gasteiger partial charge in [-0.15, -0.1) is 0 Å². The van der Waals surface area contributed by atoms with Crippen molar-refractivity contribution in [1.29, 1.82) is 0 Å². The Morgan fingerprint density at radius 1 is 0.903 bits per heavy atom. The van der Waals surface area contributed by atoms with E-state index in [-0.39, 0.29) is 5.56 Å². The number of pyridine rings is 1. The number of hydrazone groups is 1. The maximum absolute atomic E-state index is 13.1. The molecule has 0 fully saturated rings. The van der Waals surface area contributed by atoms with Gasteiger partial charge in [-0.25, -0.2) is 10.4 Å². The Bertz CT molecular complexity index is 1270. The van der Waals surface area contributed by atoms with E-state index in [4.69, 9.17) is 0 Å². The van der Waals surface area contributed by atoms with Crippen molar-refractivity contribution in [3.8, 4) is 11.3 Å². The van der Waals surface area contributed by atoms with Crippen LogP contribution in [0.4, 0.5) is 13.2 Å². The average molecular weight is 419 g/mol. The van der Waals surface area contributed by atoms with E-state index in [0.717, 1.165) is 17.8 Å². The number of rotatable bonds is 4. The number of benzene rings is 3. The van der Waals surface area contributed by atoms with Crippen LogP contribution in [0.25, 0.3) is 22.2 Å². The molecule has 1 aromatic heterocycles. The van der Waals surface area contributed by atoms with E-state index in [1.165, 1.54) is 18.2 Å². The third kappa shape index (κ3) is 4.45. The van der Waals surface area contributed by atoms with Crippen LogP contribution in [-0.4, -0.2) is 17.1 Å². The predicted molar refractivity (Wildman–Crippen MR) is 114 cm³/mol. The van der Waals surface area contributed by atoms with Crippen molar-refractivity contribution in [3.63, 3.8) is 0 Å². The minimum absolute atomic E-state index is 0.139. The van der Waals surface area contributed by atoms with Gasteiger partial charge in [0.1, 0.15) is 0 Å². The summed E-state index contributed by atoms with van der Waals surface area (Å²) in [5.41, 5.74) is 3.76. The molecule has 0 spiro atoms. The first-order valence-corrected chi connectivity index (χ1v) is 9.38. The molecule has 1 heterocycles. The van der Waals surface area contributed by atoms with Gasteiger partial charge in [-0.1, -0.05) is 66.7 Å². The highest BCUT2D eigenvalue weighted by molar-refractivity contribution is 6.07. The first-order valence-electron chi connectivity index (χ1n) is 9.38.